The van der Waals surface area contributed by atoms with E-state index in [4.69, 9.17) is 16.7 Å². The highest BCUT2D eigenvalue weighted by Gasteiger charge is 2.23. The molecule has 0 aliphatic rings. The molecule has 0 bridgehead atoms. The molecule has 1 aromatic heterocycles. The normalized spacial score (nSPS) is 11.9. The lowest BCUT2D eigenvalue weighted by Crippen LogP contribution is -2.16. The lowest BCUT2D eigenvalue weighted by molar-refractivity contribution is -0.137. The van der Waals surface area contributed by atoms with Crippen LogP contribution >= 0.6 is 11.6 Å². The molecular formula is C22H18ClNO4S. The summed E-state index contributed by atoms with van der Waals surface area (Å²) < 4.78 is 28.4. The second-order valence-corrected chi connectivity index (χ2v) is 9.09. The minimum atomic E-state index is -3.88. The van der Waals surface area contributed by atoms with E-state index in [1.807, 2.05) is 24.3 Å². The van der Waals surface area contributed by atoms with E-state index in [1.165, 1.54) is 3.97 Å². The number of rotatable bonds is 6. The van der Waals surface area contributed by atoms with Gasteiger partial charge in [0.15, 0.2) is 0 Å². The summed E-state index contributed by atoms with van der Waals surface area (Å²) in [5.74, 6) is -0.909. The second-order valence-electron chi connectivity index (χ2n) is 6.86. The number of fused-ring (bicyclic) bond motifs is 2. The Morgan fingerprint density at radius 1 is 0.931 bits per heavy atom. The maximum atomic E-state index is 13.6. The van der Waals surface area contributed by atoms with Crippen LogP contribution in [-0.2, 0) is 21.2 Å². The summed E-state index contributed by atoms with van der Waals surface area (Å²) in [5.41, 5.74) is 1.06. The van der Waals surface area contributed by atoms with E-state index in [2.05, 4.69) is 0 Å². The lowest BCUT2D eigenvalue weighted by Gasteiger charge is -2.13. The van der Waals surface area contributed by atoms with Crippen LogP contribution in [0.15, 0.2) is 71.6 Å². The summed E-state index contributed by atoms with van der Waals surface area (Å²) in [6, 6.07) is 19.4. The number of hydrogen-bond donors (Lipinski definition) is 1. The van der Waals surface area contributed by atoms with Gasteiger partial charge in [-0.25, -0.2) is 12.4 Å². The molecule has 0 saturated carbocycles. The number of carbonyl (C=O) groups is 1. The SMILES string of the molecule is O=C(O)CCCc1cc2cc(Cl)ccc2n1S(=O)(=O)c1ccc2ccccc2c1. The quantitative estimate of drug-likeness (QED) is 0.465. The van der Waals surface area contributed by atoms with E-state index in [0.717, 1.165) is 10.8 Å². The van der Waals surface area contributed by atoms with Gasteiger partial charge in [-0.15, -0.1) is 0 Å². The molecule has 3 aromatic carbocycles. The smallest absolute Gasteiger partial charge is 0.303 e. The van der Waals surface area contributed by atoms with Gasteiger partial charge in [-0.05, 0) is 60.0 Å². The molecule has 0 aliphatic heterocycles. The number of nitrogens with zero attached hydrogens (tertiary/aromatic N) is 1. The van der Waals surface area contributed by atoms with Gasteiger partial charge in [0.25, 0.3) is 10.0 Å². The maximum absolute atomic E-state index is 13.6. The molecule has 0 atom stereocenters. The molecule has 0 unspecified atom stereocenters. The van der Waals surface area contributed by atoms with E-state index < -0.39 is 16.0 Å². The van der Waals surface area contributed by atoms with Crippen molar-refractivity contribution in [3.8, 4) is 0 Å². The van der Waals surface area contributed by atoms with E-state index in [-0.39, 0.29) is 11.3 Å². The van der Waals surface area contributed by atoms with Crippen LogP contribution in [0, 0.1) is 0 Å². The van der Waals surface area contributed by atoms with Crippen molar-refractivity contribution in [1.82, 2.24) is 3.97 Å². The Bertz CT molecular complexity index is 1340. The molecule has 0 spiro atoms. The van der Waals surface area contributed by atoms with Crippen molar-refractivity contribution >= 4 is 49.3 Å². The first kappa shape index (κ1) is 19.5. The third-order valence-electron chi connectivity index (χ3n) is 4.87. The van der Waals surface area contributed by atoms with Gasteiger partial charge in [-0.1, -0.05) is 41.9 Å². The topological polar surface area (TPSA) is 76.4 Å². The lowest BCUT2D eigenvalue weighted by atomic mass is 10.1. The summed E-state index contributed by atoms with van der Waals surface area (Å²) >= 11 is 6.09. The first-order chi connectivity index (χ1) is 13.9. The van der Waals surface area contributed by atoms with Gasteiger partial charge in [-0.2, -0.15) is 0 Å². The van der Waals surface area contributed by atoms with Gasteiger partial charge in [0.05, 0.1) is 10.4 Å². The average molecular weight is 428 g/mol. The number of aryl methyl sites for hydroxylation is 1. The van der Waals surface area contributed by atoms with E-state index in [1.54, 1.807) is 42.5 Å². The van der Waals surface area contributed by atoms with Crippen LogP contribution < -0.4 is 0 Å². The molecule has 1 N–H and O–H groups in total. The summed E-state index contributed by atoms with van der Waals surface area (Å²) in [5, 5.41) is 11.9. The van der Waals surface area contributed by atoms with Gasteiger partial charge in [0.1, 0.15) is 0 Å². The van der Waals surface area contributed by atoms with Crippen molar-refractivity contribution in [2.24, 2.45) is 0 Å². The fourth-order valence-electron chi connectivity index (χ4n) is 3.53. The molecule has 4 aromatic rings. The zero-order valence-corrected chi connectivity index (χ0v) is 16.9. The first-order valence-electron chi connectivity index (χ1n) is 9.12. The number of benzene rings is 3. The zero-order valence-electron chi connectivity index (χ0n) is 15.4. The van der Waals surface area contributed by atoms with Crippen LogP contribution in [0.3, 0.4) is 0 Å². The minimum absolute atomic E-state index is 0.0295. The van der Waals surface area contributed by atoms with Crippen molar-refractivity contribution in [2.75, 3.05) is 0 Å². The van der Waals surface area contributed by atoms with Crippen molar-refractivity contribution in [1.29, 1.82) is 0 Å². The summed E-state index contributed by atoms with van der Waals surface area (Å²) in [6.07, 6.45) is 0.635. The van der Waals surface area contributed by atoms with E-state index in [9.17, 15) is 13.2 Å². The molecule has 7 heteroatoms. The fraction of sp³-hybridized carbons (Fsp3) is 0.136. The highest BCUT2D eigenvalue weighted by Crippen LogP contribution is 2.30. The third-order valence-corrected chi connectivity index (χ3v) is 6.87. The molecule has 4 rings (SSSR count). The van der Waals surface area contributed by atoms with Crippen LogP contribution in [0.2, 0.25) is 5.02 Å². The second kappa shape index (κ2) is 7.54. The van der Waals surface area contributed by atoms with Crippen LogP contribution in [0.1, 0.15) is 18.5 Å². The Labute approximate surface area is 173 Å². The molecular weight excluding hydrogens is 410 g/mol. The van der Waals surface area contributed by atoms with E-state index in [0.29, 0.717) is 34.5 Å². The molecule has 29 heavy (non-hydrogen) atoms. The number of hydrogen-bond acceptors (Lipinski definition) is 3. The zero-order chi connectivity index (χ0) is 20.6. The van der Waals surface area contributed by atoms with Gasteiger partial charge in [0, 0.05) is 22.5 Å². The minimum Gasteiger partial charge on any atom is -0.481 e. The monoisotopic (exact) mass is 427 g/mol. The molecule has 148 valence electrons. The maximum Gasteiger partial charge on any atom is 0.303 e. The van der Waals surface area contributed by atoms with Gasteiger partial charge < -0.3 is 5.11 Å². The summed E-state index contributed by atoms with van der Waals surface area (Å²) in [6.45, 7) is 0. The van der Waals surface area contributed by atoms with Gasteiger partial charge in [-0.3, -0.25) is 4.79 Å². The van der Waals surface area contributed by atoms with Crippen molar-refractivity contribution in [3.05, 3.63) is 77.4 Å². The first-order valence-corrected chi connectivity index (χ1v) is 10.9. The molecule has 0 aliphatic carbocycles. The van der Waals surface area contributed by atoms with Crippen molar-refractivity contribution in [2.45, 2.75) is 24.2 Å². The fourth-order valence-corrected chi connectivity index (χ4v) is 5.32. The Kier molecular flexibility index (Phi) is 5.06. The number of aliphatic carboxylic acids is 1. The number of carboxylic acids is 1. The molecule has 5 nitrogen and oxygen atoms in total. The number of aromatic nitrogens is 1. The van der Waals surface area contributed by atoms with Crippen LogP contribution in [0.4, 0.5) is 0 Å². The number of halogens is 1. The summed E-state index contributed by atoms with van der Waals surface area (Å²) in [7, 11) is -3.88. The average Bonchev–Trinajstić information content (AvgIpc) is 3.05. The standard InChI is InChI=1S/C22H18ClNO4S/c23-18-9-11-21-17(12-18)13-19(6-3-7-22(25)26)24(21)29(27,28)20-10-8-15-4-1-2-5-16(15)14-20/h1-2,4-5,8-14H,3,6-7H2,(H,25,26). The molecule has 0 fully saturated rings. The van der Waals surface area contributed by atoms with Gasteiger partial charge in [0.2, 0.25) is 0 Å². The third kappa shape index (κ3) is 3.73. The molecule has 1 heterocycles. The molecule has 0 radical (unpaired) electrons. The highest BCUT2D eigenvalue weighted by atomic mass is 35.5. The Hall–Kier alpha value is -2.83. The Balaban J connectivity index is 1.88. The molecule has 0 saturated heterocycles. The molecule has 0 amide bonds. The Morgan fingerprint density at radius 2 is 1.69 bits per heavy atom. The summed E-state index contributed by atoms with van der Waals surface area (Å²) in [4.78, 5) is 11.1. The van der Waals surface area contributed by atoms with Crippen molar-refractivity contribution < 1.29 is 18.3 Å². The largest absolute Gasteiger partial charge is 0.481 e. The number of carboxylic acid groups (broad SMARTS) is 1. The predicted molar refractivity (Wildman–Crippen MR) is 114 cm³/mol. The van der Waals surface area contributed by atoms with Crippen LogP contribution in [0.5, 0.6) is 0 Å². The van der Waals surface area contributed by atoms with Crippen molar-refractivity contribution in [3.63, 3.8) is 0 Å². The Morgan fingerprint density at radius 3 is 2.45 bits per heavy atom. The van der Waals surface area contributed by atoms with Gasteiger partial charge >= 0.3 is 5.97 Å². The highest BCUT2D eigenvalue weighted by molar-refractivity contribution is 7.90. The van der Waals surface area contributed by atoms with Crippen LogP contribution in [-0.4, -0.2) is 23.5 Å². The van der Waals surface area contributed by atoms with Crippen LogP contribution in [0.25, 0.3) is 21.7 Å². The predicted octanol–water partition coefficient (Wildman–Crippen LogP) is 5.09. The van der Waals surface area contributed by atoms with E-state index >= 15 is 0 Å².